The average Bonchev–Trinajstić information content (AvgIpc) is 2.68. The molecule has 1 aliphatic rings. The van der Waals surface area contributed by atoms with Gasteiger partial charge in [0.05, 0.1) is 17.7 Å². The Morgan fingerprint density at radius 1 is 1.58 bits per heavy atom. The van der Waals surface area contributed by atoms with E-state index in [0.717, 1.165) is 12.3 Å². The normalized spacial score (nSPS) is 21.3. The molecule has 1 unspecified atom stereocenters. The number of hydrogen-bond acceptors (Lipinski definition) is 5. The number of aromatic carboxylic acids is 1. The van der Waals surface area contributed by atoms with Crippen LogP contribution in [0.5, 0.6) is 0 Å². The van der Waals surface area contributed by atoms with Crippen LogP contribution in [0.25, 0.3) is 0 Å². The average molecular weight is 288 g/mol. The third kappa shape index (κ3) is 2.83. The zero-order valence-electron chi connectivity index (χ0n) is 10.2. The van der Waals surface area contributed by atoms with Crippen molar-refractivity contribution < 1.29 is 22.7 Å². The summed E-state index contributed by atoms with van der Waals surface area (Å²) < 4.78 is 35.9. The second-order valence-electron chi connectivity index (χ2n) is 4.50. The van der Waals surface area contributed by atoms with Gasteiger partial charge in [-0.3, -0.25) is 0 Å². The molecule has 1 saturated heterocycles. The molecule has 1 atom stereocenters. The number of anilines is 1. The first-order valence-corrected chi connectivity index (χ1v) is 7.44. The molecule has 0 spiro atoms. The van der Waals surface area contributed by atoms with E-state index in [1.807, 2.05) is 0 Å². The van der Waals surface area contributed by atoms with Crippen molar-refractivity contribution in [3.05, 3.63) is 23.6 Å². The predicted octanol–water partition coefficient (Wildman–Crippen LogP) is 0.542. The van der Waals surface area contributed by atoms with Crippen molar-refractivity contribution in [3.8, 4) is 0 Å². The van der Waals surface area contributed by atoms with E-state index >= 15 is 0 Å². The summed E-state index contributed by atoms with van der Waals surface area (Å²) in [4.78, 5) is 16.3. The number of carboxylic acid groups (broad SMARTS) is 1. The molecule has 1 aliphatic heterocycles. The molecule has 0 bridgehead atoms. The molecule has 19 heavy (non-hydrogen) atoms. The summed E-state index contributed by atoms with van der Waals surface area (Å²) in [6, 6.07) is 0.547. The first-order valence-electron chi connectivity index (χ1n) is 5.62. The molecule has 0 aromatic carbocycles. The minimum Gasteiger partial charge on any atom is -0.478 e. The van der Waals surface area contributed by atoms with Gasteiger partial charge in [-0.2, -0.15) is 0 Å². The summed E-state index contributed by atoms with van der Waals surface area (Å²) in [5, 5.41) is 9.03. The molecule has 2 heterocycles. The number of hydrogen-bond donors (Lipinski definition) is 1. The van der Waals surface area contributed by atoms with Crippen LogP contribution in [0.4, 0.5) is 10.2 Å². The standard InChI is InChI=1S/C11H13FN2O4S/c1-14(8-2-3-19(17,18)6-8)10-9(11(15)16)4-7(12)5-13-10/h4-5,8H,2-3,6H2,1H3,(H,15,16). The van der Waals surface area contributed by atoms with Gasteiger partial charge in [0, 0.05) is 13.1 Å². The molecule has 1 aromatic heterocycles. The predicted molar refractivity (Wildman–Crippen MR) is 66.6 cm³/mol. The first kappa shape index (κ1) is 13.7. The molecule has 2 rings (SSSR count). The summed E-state index contributed by atoms with van der Waals surface area (Å²) in [6.07, 6.45) is 1.33. The molecule has 1 aromatic rings. The Kier molecular flexibility index (Phi) is 3.44. The molecule has 0 radical (unpaired) electrons. The van der Waals surface area contributed by atoms with E-state index in [0.29, 0.717) is 6.42 Å². The van der Waals surface area contributed by atoms with Crippen molar-refractivity contribution in [1.29, 1.82) is 0 Å². The van der Waals surface area contributed by atoms with Gasteiger partial charge in [-0.15, -0.1) is 0 Å². The molecular formula is C11H13FN2O4S. The van der Waals surface area contributed by atoms with Gasteiger partial charge in [0.15, 0.2) is 9.84 Å². The molecule has 1 fully saturated rings. The summed E-state index contributed by atoms with van der Waals surface area (Å²) in [6.45, 7) is 0. The maximum Gasteiger partial charge on any atom is 0.339 e. The van der Waals surface area contributed by atoms with Crippen LogP contribution in [0.3, 0.4) is 0 Å². The fourth-order valence-corrected chi connectivity index (χ4v) is 3.90. The van der Waals surface area contributed by atoms with Gasteiger partial charge in [-0.25, -0.2) is 22.6 Å². The minimum absolute atomic E-state index is 0.0401. The number of halogens is 1. The molecule has 0 amide bonds. The third-order valence-electron chi connectivity index (χ3n) is 3.15. The largest absolute Gasteiger partial charge is 0.478 e. The van der Waals surface area contributed by atoms with E-state index in [-0.39, 0.29) is 28.9 Å². The second kappa shape index (κ2) is 4.76. The van der Waals surface area contributed by atoms with Gasteiger partial charge >= 0.3 is 5.97 Å². The number of carboxylic acids is 1. The highest BCUT2D eigenvalue weighted by molar-refractivity contribution is 7.91. The number of aromatic nitrogens is 1. The smallest absolute Gasteiger partial charge is 0.339 e. The van der Waals surface area contributed by atoms with Gasteiger partial charge in [0.1, 0.15) is 17.2 Å². The van der Waals surface area contributed by atoms with Crippen LogP contribution in [-0.2, 0) is 9.84 Å². The zero-order valence-corrected chi connectivity index (χ0v) is 11.0. The van der Waals surface area contributed by atoms with Crippen LogP contribution in [0.1, 0.15) is 16.8 Å². The zero-order chi connectivity index (χ0) is 14.2. The Morgan fingerprint density at radius 2 is 2.26 bits per heavy atom. The van der Waals surface area contributed by atoms with Crippen molar-refractivity contribution in [1.82, 2.24) is 4.98 Å². The van der Waals surface area contributed by atoms with Gasteiger partial charge < -0.3 is 10.0 Å². The molecule has 104 valence electrons. The van der Waals surface area contributed by atoms with E-state index in [4.69, 9.17) is 5.11 Å². The minimum atomic E-state index is -3.08. The van der Waals surface area contributed by atoms with Crippen molar-refractivity contribution in [2.75, 3.05) is 23.5 Å². The SMILES string of the molecule is CN(c1ncc(F)cc1C(=O)O)C1CCS(=O)(=O)C1. The Balaban J connectivity index is 2.34. The number of pyridine rings is 1. The van der Waals surface area contributed by atoms with Crippen LogP contribution >= 0.6 is 0 Å². The van der Waals surface area contributed by atoms with E-state index in [2.05, 4.69) is 4.98 Å². The van der Waals surface area contributed by atoms with Crippen molar-refractivity contribution >= 4 is 21.6 Å². The molecule has 0 saturated carbocycles. The monoisotopic (exact) mass is 288 g/mol. The fourth-order valence-electron chi connectivity index (χ4n) is 2.12. The van der Waals surface area contributed by atoms with Gasteiger partial charge in [-0.05, 0) is 12.5 Å². The summed E-state index contributed by atoms with van der Waals surface area (Å²) in [5.41, 5.74) is -0.271. The highest BCUT2D eigenvalue weighted by Gasteiger charge is 2.32. The van der Waals surface area contributed by atoms with E-state index < -0.39 is 21.6 Å². The number of carbonyl (C=O) groups is 1. The van der Waals surface area contributed by atoms with Crippen LogP contribution in [0, 0.1) is 5.82 Å². The Labute approximate surface area is 109 Å². The van der Waals surface area contributed by atoms with E-state index in [1.54, 1.807) is 7.05 Å². The van der Waals surface area contributed by atoms with E-state index in [9.17, 15) is 17.6 Å². The number of rotatable bonds is 3. The molecule has 1 N–H and O–H groups in total. The molecular weight excluding hydrogens is 275 g/mol. The van der Waals surface area contributed by atoms with Gasteiger partial charge in [0.2, 0.25) is 0 Å². The summed E-state index contributed by atoms with van der Waals surface area (Å²) >= 11 is 0. The van der Waals surface area contributed by atoms with Crippen LogP contribution < -0.4 is 4.90 Å². The van der Waals surface area contributed by atoms with Crippen LogP contribution in [0.15, 0.2) is 12.3 Å². The van der Waals surface area contributed by atoms with Gasteiger partial charge in [0.25, 0.3) is 0 Å². The Bertz CT molecular complexity index is 617. The first-order chi connectivity index (χ1) is 8.80. The Morgan fingerprint density at radius 3 is 2.79 bits per heavy atom. The lowest BCUT2D eigenvalue weighted by atomic mass is 10.2. The maximum absolute atomic E-state index is 13.0. The number of nitrogens with zero attached hydrogens (tertiary/aromatic N) is 2. The number of sulfone groups is 1. The summed E-state index contributed by atoms with van der Waals surface area (Å²) in [7, 11) is -1.51. The molecule has 8 heteroatoms. The molecule has 6 nitrogen and oxygen atoms in total. The lowest BCUT2D eigenvalue weighted by Gasteiger charge is -2.25. The summed E-state index contributed by atoms with van der Waals surface area (Å²) in [5.74, 6) is -1.92. The lowest BCUT2D eigenvalue weighted by Crippen LogP contribution is -2.34. The molecule has 0 aliphatic carbocycles. The maximum atomic E-state index is 13.0. The quantitative estimate of drug-likeness (QED) is 0.873. The van der Waals surface area contributed by atoms with Crippen molar-refractivity contribution in [3.63, 3.8) is 0 Å². The highest BCUT2D eigenvalue weighted by atomic mass is 32.2. The van der Waals surface area contributed by atoms with Gasteiger partial charge in [-0.1, -0.05) is 0 Å². The fraction of sp³-hybridized carbons (Fsp3) is 0.455. The van der Waals surface area contributed by atoms with Crippen LogP contribution in [0.2, 0.25) is 0 Å². The van der Waals surface area contributed by atoms with Crippen molar-refractivity contribution in [2.45, 2.75) is 12.5 Å². The second-order valence-corrected chi connectivity index (χ2v) is 6.73. The van der Waals surface area contributed by atoms with Crippen molar-refractivity contribution in [2.24, 2.45) is 0 Å². The highest BCUT2D eigenvalue weighted by Crippen LogP contribution is 2.24. The van der Waals surface area contributed by atoms with E-state index in [1.165, 1.54) is 4.90 Å². The topological polar surface area (TPSA) is 87.6 Å². The van der Waals surface area contributed by atoms with Crippen LogP contribution in [-0.4, -0.2) is 49.1 Å². The lowest BCUT2D eigenvalue weighted by molar-refractivity contribution is 0.0696. The third-order valence-corrected chi connectivity index (χ3v) is 4.90. The Hall–Kier alpha value is -1.70.